The Morgan fingerprint density at radius 1 is 1.25 bits per heavy atom. The van der Waals surface area contributed by atoms with Gasteiger partial charge in [-0.3, -0.25) is 4.79 Å². The average molecular weight is 340 g/mol. The molecular weight excluding hydrogens is 325 g/mol. The molecule has 8 heteroatoms. The van der Waals surface area contributed by atoms with Crippen LogP contribution in [0.2, 0.25) is 0 Å². The van der Waals surface area contributed by atoms with Crippen LogP contribution < -0.4 is 0 Å². The molecular formula is C16H15F3N2O3. The van der Waals surface area contributed by atoms with E-state index in [0.717, 1.165) is 12.1 Å². The van der Waals surface area contributed by atoms with Crippen molar-refractivity contribution >= 4 is 5.91 Å². The Morgan fingerprint density at radius 2 is 2.00 bits per heavy atom. The predicted octanol–water partition coefficient (Wildman–Crippen LogP) is 2.84. The van der Waals surface area contributed by atoms with Gasteiger partial charge in [-0.25, -0.2) is 0 Å². The number of hydrogen-bond donors (Lipinski definition) is 0. The molecule has 1 aliphatic rings. The van der Waals surface area contributed by atoms with E-state index >= 15 is 0 Å². The van der Waals surface area contributed by atoms with Crippen molar-refractivity contribution in [3.63, 3.8) is 0 Å². The fourth-order valence-corrected chi connectivity index (χ4v) is 2.56. The molecule has 1 aromatic heterocycles. The maximum atomic E-state index is 12.6. The van der Waals surface area contributed by atoms with Gasteiger partial charge in [-0.05, 0) is 17.7 Å². The predicted molar refractivity (Wildman–Crippen MR) is 76.9 cm³/mol. The summed E-state index contributed by atoms with van der Waals surface area (Å²) < 4.78 is 48.1. The Labute approximate surface area is 136 Å². The van der Waals surface area contributed by atoms with E-state index in [4.69, 9.17) is 9.26 Å². The van der Waals surface area contributed by atoms with E-state index in [1.165, 1.54) is 18.4 Å². The van der Waals surface area contributed by atoms with E-state index in [1.807, 2.05) is 0 Å². The second-order valence-electron chi connectivity index (χ2n) is 5.49. The molecule has 0 aliphatic carbocycles. The van der Waals surface area contributed by atoms with Gasteiger partial charge in [0.15, 0.2) is 0 Å². The quantitative estimate of drug-likeness (QED) is 0.862. The van der Waals surface area contributed by atoms with Crippen LogP contribution in [0.1, 0.15) is 22.9 Å². The van der Waals surface area contributed by atoms with E-state index < -0.39 is 17.8 Å². The number of rotatable bonds is 3. The Balaban J connectivity index is 1.65. The SMILES string of the molecule is O=C(Cc1ccon1)N1CCO[C@@H](c2ccc(C(F)(F)F)cc2)C1. The van der Waals surface area contributed by atoms with E-state index in [2.05, 4.69) is 5.16 Å². The number of amides is 1. The Bertz CT molecular complexity index is 684. The standard InChI is InChI=1S/C16H15F3N2O3/c17-16(18,19)12-3-1-11(2-4-12)14-10-21(6-8-23-14)15(22)9-13-5-7-24-20-13/h1-5,7,14H,6,8-10H2/t14-/m1/s1. The largest absolute Gasteiger partial charge is 0.416 e. The molecule has 1 atom stereocenters. The molecule has 3 rings (SSSR count). The summed E-state index contributed by atoms with van der Waals surface area (Å²) in [6.07, 6.45) is -3.29. The van der Waals surface area contributed by atoms with Gasteiger partial charge in [0.05, 0.1) is 30.8 Å². The summed E-state index contributed by atoms with van der Waals surface area (Å²) in [5.41, 5.74) is 0.445. The van der Waals surface area contributed by atoms with Crippen LogP contribution in [0.15, 0.2) is 41.1 Å². The molecule has 0 bridgehead atoms. The lowest BCUT2D eigenvalue weighted by Crippen LogP contribution is -2.43. The summed E-state index contributed by atoms with van der Waals surface area (Å²) in [6.45, 7) is 1.06. The molecule has 0 saturated carbocycles. The molecule has 128 valence electrons. The fourth-order valence-electron chi connectivity index (χ4n) is 2.56. The van der Waals surface area contributed by atoms with Crippen LogP contribution in [0.4, 0.5) is 13.2 Å². The van der Waals surface area contributed by atoms with Crippen LogP contribution in [0, 0.1) is 0 Å². The number of carbonyl (C=O) groups excluding carboxylic acids is 1. The topological polar surface area (TPSA) is 55.6 Å². The highest BCUT2D eigenvalue weighted by Gasteiger charge is 2.31. The van der Waals surface area contributed by atoms with Gasteiger partial charge in [0.2, 0.25) is 5.91 Å². The number of carbonyl (C=O) groups is 1. The van der Waals surface area contributed by atoms with Gasteiger partial charge in [-0.15, -0.1) is 0 Å². The lowest BCUT2D eigenvalue weighted by Gasteiger charge is -2.33. The second kappa shape index (κ2) is 6.64. The Morgan fingerprint density at radius 3 is 2.62 bits per heavy atom. The zero-order valence-electron chi connectivity index (χ0n) is 12.6. The van der Waals surface area contributed by atoms with E-state index in [-0.39, 0.29) is 12.3 Å². The zero-order valence-corrected chi connectivity index (χ0v) is 12.6. The number of aromatic nitrogens is 1. The molecule has 5 nitrogen and oxygen atoms in total. The molecule has 0 unspecified atom stereocenters. The van der Waals surface area contributed by atoms with Crippen molar-refractivity contribution in [3.05, 3.63) is 53.4 Å². The minimum atomic E-state index is -4.37. The molecule has 1 aliphatic heterocycles. The fraction of sp³-hybridized carbons (Fsp3) is 0.375. The first-order chi connectivity index (χ1) is 11.4. The van der Waals surface area contributed by atoms with Crippen molar-refractivity contribution in [1.29, 1.82) is 0 Å². The highest BCUT2D eigenvalue weighted by atomic mass is 19.4. The molecule has 0 radical (unpaired) electrons. The second-order valence-corrected chi connectivity index (χ2v) is 5.49. The molecule has 2 heterocycles. The van der Waals surface area contributed by atoms with Gasteiger partial charge in [-0.2, -0.15) is 13.2 Å². The summed E-state index contributed by atoms with van der Waals surface area (Å²) in [4.78, 5) is 13.9. The molecule has 24 heavy (non-hydrogen) atoms. The maximum Gasteiger partial charge on any atom is 0.416 e. The number of halogens is 3. The summed E-state index contributed by atoms with van der Waals surface area (Å²) in [6, 6.07) is 6.44. The molecule has 1 saturated heterocycles. The van der Waals surface area contributed by atoms with Crippen molar-refractivity contribution in [1.82, 2.24) is 10.1 Å². The average Bonchev–Trinajstić information content (AvgIpc) is 3.07. The van der Waals surface area contributed by atoms with Crippen LogP contribution in [0.3, 0.4) is 0 Å². The molecule has 0 N–H and O–H groups in total. The molecule has 1 aromatic carbocycles. The van der Waals surface area contributed by atoms with Crippen molar-refractivity contribution < 1.29 is 27.2 Å². The third-order valence-corrected chi connectivity index (χ3v) is 3.85. The van der Waals surface area contributed by atoms with Crippen LogP contribution in [0.25, 0.3) is 0 Å². The lowest BCUT2D eigenvalue weighted by molar-refractivity contribution is -0.138. The smallest absolute Gasteiger partial charge is 0.370 e. The first-order valence-corrected chi connectivity index (χ1v) is 7.39. The van der Waals surface area contributed by atoms with Gasteiger partial charge in [0, 0.05) is 12.6 Å². The summed E-state index contributed by atoms with van der Waals surface area (Å²) in [7, 11) is 0. The zero-order chi connectivity index (χ0) is 17.2. The van der Waals surface area contributed by atoms with Crippen LogP contribution in [0.5, 0.6) is 0 Å². The van der Waals surface area contributed by atoms with Gasteiger partial charge in [0.25, 0.3) is 0 Å². The lowest BCUT2D eigenvalue weighted by atomic mass is 10.0. The van der Waals surface area contributed by atoms with Gasteiger partial charge in [-0.1, -0.05) is 17.3 Å². The summed E-state index contributed by atoms with van der Waals surface area (Å²) in [5.74, 6) is -0.121. The third kappa shape index (κ3) is 3.76. The summed E-state index contributed by atoms with van der Waals surface area (Å²) >= 11 is 0. The minimum absolute atomic E-state index is 0.121. The van der Waals surface area contributed by atoms with Crippen molar-refractivity contribution in [3.8, 4) is 0 Å². The van der Waals surface area contributed by atoms with E-state index in [9.17, 15) is 18.0 Å². The monoisotopic (exact) mass is 340 g/mol. The van der Waals surface area contributed by atoms with Crippen LogP contribution in [-0.4, -0.2) is 35.7 Å². The number of morpholine rings is 1. The van der Waals surface area contributed by atoms with Gasteiger partial charge >= 0.3 is 6.18 Å². The molecule has 2 aromatic rings. The normalized spacial score (nSPS) is 18.6. The molecule has 0 spiro atoms. The van der Waals surface area contributed by atoms with Gasteiger partial charge in [0.1, 0.15) is 12.4 Å². The Kier molecular flexibility index (Phi) is 4.57. The number of alkyl halides is 3. The number of benzene rings is 1. The van der Waals surface area contributed by atoms with E-state index in [0.29, 0.717) is 31.0 Å². The van der Waals surface area contributed by atoms with Crippen molar-refractivity contribution in [2.45, 2.75) is 18.7 Å². The summed E-state index contributed by atoms with van der Waals surface area (Å²) in [5, 5.41) is 3.70. The molecule has 1 amide bonds. The minimum Gasteiger partial charge on any atom is -0.370 e. The van der Waals surface area contributed by atoms with E-state index in [1.54, 1.807) is 11.0 Å². The first-order valence-electron chi connectivity index (χ1n) is 7.39. The number of nitrogens with zero attached hydrogens (tertiary/aromatic N) is 2. The molecule has 1 fully saturated rings. The number of hydrogen-bond acceptors (Lipinski definition) is 4. The van der Waals surface area contributed by atoms with Crippen LogP contribution in [-0.2, 0) is 22.1 Å². The first kappa shape index (κ1) is 16.5. The highest BCUT2D eigenvalue weighted by Crippen LogP contribution is 2.31. The Hall–Kier alpha value is -2.35. The number of ether oxygens (including phenoxy) is 1. The van der Waals surface area contributed by atoms with Crippen LogP contribution >= 0.6 is 0 Å². The maximum absolute atomic E-state index is 12.6. The van der Waals surface area contributed by atoms with Crippen molar-refractivity contribution in [2.75, 3.05) is 19.7 Å². The third-order valence-electron chi connectivity index (χ3n) is 3.85. The van der Waals surface area contributed by atoms with Crippen molar-refractivity contribution in [2.24, 2.45) is 0 Å². The highest BCUT2D eigenvalue weighted by molar-refractivity contribution is 5.78. The van der Waals surface area contributed by atoms with Gasteiger partial charge < -0.3 is 14.2 Å².